The summed E-state index contributed by atoms with van der Waals surface area (Å²) in [5.41, 5.74) is 5.88. The van der Waals surface area contributed by atoms with Crippen molar-refractivity contribution in [1.29, 1.82) is 0 Å². The van der Waals surface area contributed by atoms with Gasteiger partial charge in [-0.2, -0.15) is 0 Å². The van der Waals surface area contributed by atoms with Gasteiger partial charge in [-0.1, -0.05) is 33.3 Å². The van der Waals surface area contributed by atoms with Crippen molar-refractivity contribution in [2.75, 3.05) is 0 Å². The van der Waals surface area contributed by atoms with Crippen LogP contribution in [0.25, 0.3) is 0 Å². The minimum absolute atomic E-state index is 0.249. The molecule has 1 saturated carbocycles. The topological polar surface area (TPSA) is 26.0 Å². The van der Waals surface area contributed by atoms with Gasteiger partial charge in [0, 0.05) is 0 Å². The molecule has 0 aromatic carbocycles. The van der Waals surface area contributed by atoms with Crippen molar-refractivity contribution in [3.05, 3.63) is 11.5 Å². The molecule has 0 aromatic rings. The van der Waals surface area contributed by atoms with Gasteiger partial charge in [0.25, 0.3) is 0 Å². The van der Waals surface area contributed by atoms with Crippen molar-refractivity contribution in [2.45, 2.75) is 51.3 Å². The Morgan fingerprint density at radius 3 is 2.79 bits per heavy atom. The lowest BCUT2D eigenvalue weighted by molar-refractivity contribution is 0.422. The average Bonchev–Trinajstić information content (AvgIpc) is 2.51. The van der Waals surface area contributed by atoms with Crippen LogP contribution in [0.3, 0.4) is 0 Å². The molecule has 14 heavy (non-hydrogen) atoms. The van der Waals surface area contributed by atoms with Crippen LogP contribution in [-0.2, 0) is 0 Å². The molecule has 1 aliphatic carbocycles. The molecule has 0 heterocycles. The number of hydrogen-bond acceptors (Lipinski definition) is 2. The summed E-state index contributed by atoms with van der Waals surface area (Å²) in [5, 5.41) is 0.249. The van der Waals surface area contributed by atoms with E-state index >= 15 is 0 Å². The zero-order valence-electron chi connectivity index (χ0n) is 9.46. The molecule has 0 aromatic heterocycles. The zero-order valence-corrected chi connectivity index (χ0v) is 10.3. The lowest BCUT2D eigenvalue weighted by Crippen LogP contribution is -2.14. The third kappa shape index (κ3) is 3.66. The minimum atomic E-state index is 0.249. The summed E-state index contributed by atoms with van der Waals surface area (Å²) in [4.78, 5) is 1.29. The molecule has 82 valence electrons. The smallest absolute Gasteiger partial charge is 0.0548 e. The second-order valence-corrected chi connectivity index (χ2v) is 5.89. The number of thioether (sulfide) groups is 1. The highest BCUT2D eigenvalue weighted by atomic mass is 32.2. The summed E-state index contributed by atoms with van der Waals surface area (Å²) in [6.45, 7) is 8.62. The van der Waals surface area contributed by atoms with Gasteiger partial charge >= 0.3 is 0 Å². The Balaban J connectivity index is 2.26. The molecular formula is C12H23NS. The molecule has 1 fully saturated rings. The van der Waals surface area contributed by atoms with Crippen molar-refractivity contribution in [1.82, 2.24) is 0 Å². The maximum atomic E-state index is 5.88. The van der Waals surface area contributed by atoms with E-state index in [-0.39, 0.29) is 5.37 Å². The van der Waals surface area contributed by atoms with E-state index in [4.69, 9.17) is 5.73 Å². The van der Waals surface area contributed by atoms with E-state index in [1.165, 1.54) is 30.6 Å². The van der Waals surface area contributed by atoms with E-state index in [2.05, 4.69) is 20.4 Å². The van der Waals surface area contributed by atoms with Crippen molar-refractivity contribution in [3.8, 4) is 0 Å². The van der Waals surface area contributed by atoms with Gasteiger partial charge in [-0.3, -0.25) is 0 Å². The molecule has 2 N–H and O–H groups in total. The predicted molar refractivity (Wildman–Crippen MR) is 66.1 cm³/mol. The van der Waals surface area contributed by atoms with Crippen molar-refractivity contribution in [2.24, 2.45) is 17.6 Å². The summed E-state index contributed by atoms with van der Waals surface area (Å²) in [6, 6.07) is 0. The largest absolute Gasteiger partial charge is 0.319 e. The molecule has 1 nitrogen and oxygen atoms in total. The van der Waals surface area contributed by atoms with Crippen molar-refractivity contribution < 1.29 is 0 Å². The highest BCUT2D eigenvalue weighted by Crippen LogP contribution is 2.38. The Labute approximate surface area is 92.5 Å². The Morgan fingerprint density at radius 1 is 1.57 bits per heavy atom. The van der Waals surface area contributed by atoms with E-state index < -0.39 is 0 Å². The van der Waals surface area contributed by atoms with E-state index in [1.807, 2.05) is 0 Å². The fourth-order valence-corrected chi connectivity index (χ4v) is 3.07. The van der Waals surface area contributed by atoms with Crippen LogP contribution < -0.4 is 5.73 Å². The molecule has 0 radical (unpaired) electrons. The lowest BCUT2D eigenvalue weighted by Gasteiger charge is -2.18. The molecule has 2 unspecified atom stereocenters. The second kappa shape index (κ2) is 5.82. The van der Waals surface area contributed by atoms with Crippen LogP contribution in [0.2, 0.25) is 0 Å². The average molecular weight is 213 g/mol. The Kier molecular flexibility index (Phi) is 5.04. The first-order valence-corrected chi connectivity index (χ1v) is 6.61. The molecule has 0 bridgehead atoms. The first-order valence-electron chi connectivity index (χ1n) is 5.73. The van der Waals surface area contributed by atoms with Gasteiger partial charge in [-0.05, 0) is 36.0 Å². The highest BCUT2D eigenvalue weighted by molar-refractivity contribution is 8.03. The van der Waals surface area contributed by atoms with Crippen LogP contribution in [0.5, 0.6) is 0 Å². The maximum Gasteiger partial charge on any atom is 0.0548 e. The van der Waals surface area contributed by atoms with Crippen LogP contribution in [0.15, 0.2) is 11.5 Å². The van der Waals surface area contributed by atoms with Gasteiger partial charge in [0.05, 0.1) is 5.37 Å². The zero-order chi connectivity index (χ0) is 10.6. The Bertz CT molecular complexity index is 191. The minimum Gasteiger partial charge on any atom is -0.319 e. The number of nitrogens with two attached hydrogens (primary N) is 1. The Hall–Kier alpha value is 0.0500. The third-order valence-corrected chi connectivity index (χ3v) is 4.39. The predicted octanol–water partition coefficient (Wildman–Crippen LogP) is 3.75. The molecule has 1 aliphatic rings. The molecular weight excluding hydrogens is 190 g/mol. The van der Waals surface area contributed by atoms with E-state index in [0.717, 1.165) is 18.3 Å². The maximum absolute atomic E-state index is 5.88. The van der Waals surface area contributed by atoms with Crippen LogP contribution in [-0.4, -0.2) is 5.37 Å². The summed E-state index contributed by atoms with van der Waals surface area (Å²) in [5.74, 6) is 1.77. The number of rotatable bonds is 5. The molecule has 1 rings (SSSR count). The SMILES string of the molecule is C=C(CC1CCC[C@H]1C)SC(N)CC. The summed E-state index contributed by atoms with van der Waals surface area (Å²) >= 11 is 1.77. The molecule has 0 spiro atoms. The van der Waals surface area contributed by atoms with Crippen LogP contribution in [0.4, 0.5) is 0 Å². The van der Waals surface area contributed by atoms with Gasteiger partial charge in [0.15, 0.2) is 0 Å². The van der Waals surface area contributed by atoms with Gasteiger partial charge < -0.3 is 5.73 Å². The fraction of sp³-hybridized carbons (Fsp3) is 0.833. The molecule has 2 heteroatoms. The molecule has 0 aliphatic heterocycles. The van der Waals surface area contributed by atoms with Gasteiger partial charge in [-0.15, -0.1) is 11.8 Å². The second-order valence-electron chi connectivity index (χ2n) is 4.48. The van der Waals surface area contributed by atoms with E-state index in [1.54, 1.807) is 11.8 Å². The number of allylic oxidation sites excluding steroid dienone is 1. The normalized spacial score (nSPS) is 29.1. The first kappa shape index (κ1) is 12.1. The van der Waals surface area contributed by atoms with Gasteiger partial charge in [-0.25, -0.2) is 0 Å². The quantitative estimate of drug-likeness (QED) is 0.704. The van der Waals surface area contributed by atoms with E-state index in [0.29, 0.717) is 0 Å². The van der Waals surface area contributed by atoms with Crippen molar-refractivity contribution >= 4 is 11.8 Å². The third-order valence-electron chi connectivity index (χ3n) is 3.25. The molecule has 0 amide bonds. The lowest BCUT2D eigenvalue weighted by atomic mass is 9.95. The van der Waals surface area contributed by atoms with Crippen LogP contribution in [0, 0.1) is 11.8 Å². The standard InChI is InChI=1S/C12H23NS/c1-4-12(13)14-10(3)8-11-7-5-6-9(11)2/h9,11-12H,3-8,13H2,1-2H3/t9-,11?,12?/m1/s1. The summed E-state index contributed by atoms with van der Waals surface area (Å²) < 4.78 is 0. The first-order chi connectivity index (χ1) is 6.63. The highest BCUT2D eigenvalue weighted by Gasteiger charge is 2.23. The van der Waals surface area contributed by atoms with Crippen molar-refractivity contribution in [3.63, 3.8) is 0 Å². The van der Waals surface area contributed by atoms with Gasteiger partial charge in [0.2, 0.25) is 0 Å². The number of hydrogen-bond donors (Lipinski definition) is 1. The molecule has 3 atom stereocenters. The van der Waals surface area contributed by atoms with Crippen LogP contribution >= 0.6 is 11.8 Å². The van der Waals surface area contributed by atoms with E-state index in [9.17, 15) is 0 Å². The Morgan fingerprint density at radius 2 is 2.29 bits per heavy atom. The fourth-order valence-electron chi connectivity index (χ4n) is 2.16. The summed E-state index contributed by atoms with van der Waals surface area (Å²) in [6.07, 6.45) is 6.41. The monoisotopic (exact) mass is 213 g/mol. The molecule has 0 saturated heterocycles. The summed E-state index contributed by atoms with van der Waals surface area (Å²) in [7, 11) is 0. The van der Waals surface area contributed by atoms with Crippen LogP contribution in [0.1, 0.15) is 46.0 Å². The van der Waals surface area contributed by atoms with Gasteiger partial charge in [0.1, 0.15) is 0 Å².